The second-order valence-electron chi connectivity index (χ2n) is 6.68. The number of ether oxygens (including phenoxy) is 1. The van der Waals surface area contributed by atoms with Crippen LogP contribution in [0.3, 0.4) is 0 Å². The van der Waals surface area contributed by atoms with Crippen molar-refractivity contribution in [2.45, 2.75) is 26.2 Å². The molecule has 5 nitrogen and oxygen atoms in total. The zero-order valence-corrected chi connectivity index (χ0v) is 16.1. The maximum atomic E-state index is 12.6. The van der Waals surface area contributed by atoms with Crippen LogP contribution in [0.5, 0.6) is 5.75 Å². The Balaban J connectivity index is 1.57. The monoisotopic (exact) mass is 386 g/mol. The number of aryl methyl sites for hydroxylation is 1. The van der Waals surface area contributed by atoms with E-state index in [2.05, 4.69) is 5.32 Å². The van der Waals surface area contributed by atoms with E-state index < -0.39 is 0 Å². The molecule has 2 amide bonds. The number of nitrogens with zero attached hydrogens (tertiary/aromatic N) is 1. The Hall–Kier alpha value is -2.53. The molecule has 0 unspecified atom stereocenters. The van der Waals surface area contributed by atoms with Gasteiger partial charge in [0, 0.05) is 29.4 Å². The third-order valence-electron chi connectivity index (χ3n) is 4.54. The van der Waals surface area contributed by atoms with Gasteiger partial charge in [-0.05, 0) is 68.1 Å². The van der Waals surface area contributed by atoms with Crippen molar-refractivity contribution < 1.29 is 14.3 Å². The number of halogens is 1. The van der Waals surface area contributed by atoms with Crippen LogP contribution >= 0.6 is 11.6 Å². The van der Waals surface area contributed by atoms with Gasteiger partial charge in [0.05, 0.1) is 0 Å². The second-order valence-corrected chi connectivity index (χ2v) is 7.09. The van der Waals surface area contributed by atoms with Gasteiger partial charge in [-0.3, -0.25) is 9.59 Å². The molecule has 0 spiro atoms. The fourth-order valence-electron chi connectivity index (χ4n) is 3.06. The number of carbonyl (C=O) groups excluding carboxylic acids is 2. The van der Waals surface area contributed by atoms with Crippen molar-refractivity contribution in [3.63, 3.8) is 0 Å². The molecule has 6 heteroatoms. The number of hydrogen-bond donors (Lipinski definition) is 1. The molecule has 0 saturated carbocycles. The van der Waals surface area contributed by atoms with Crippen molar-refractivity contribution in [1.29, 1.82) is 0 Å². The number of hydrogen-bond acceptors (Lipinski definition) is 3. The molecule has 1 N–H and O–H groups in total. The summed E-state index contributed by atoms with van der Waals surface area (Å²) in [6.07, 6.45) is 3.26. The van der Waals surface area contributed by atoms with Crippen molar-refractivity contribution in [2.24, 2.45) is 0 Å². The number of carbonyl (C=O) groups is 2. The smallest absolute Gasteiger partial charge is 0.262 e. The van der Waals surface area contributed by atoms with E-state index in [1.807, 2.05) is 11.8 Å². The van der Waals surface area contributed by atoms with Crippen LogP contribution in [-0.2, 0) is 4.79 Å². The molecule has 2 aromatic carbocycles. The Morgan fingerprint density at radius 2 is 1.89 bits per heavy atom. The van der Waals surface area contributed by atoms with E-state index in [-0.39, 0.29) is 18.4 Å². The van der Waals surface area contributed by atoms with Crippen LogP contribution in [0.2, 0.25) is 5.02 Å². The molecule has 3 rings (SSSR count). The van der Waals surface area contributed by atoms with Gasteiger partial charge in [-0.25, -0.2) is 0 Å². The van der Waals surface area contributed by atoms with Crippen molar-refractivity contribution in [2.75, 3.05) is 25.0 Å². The summed E-state index contributed by atoms with van der Waals surface area (Å²) in [4.78, 5) is 26.6. The van der Waals surface area contributed by atoms with E-state index in [1.165, 1.54) is 6.42 Å². The van der Waals surface area contributed by atoms with Crippen LogP contribution in [0.1, 0.15) is 35.2 Å². The van der Waals surface area contributed by atoms with Gasteiger partial charge in [0.2, 0.25) is 0 Å². The fourth-order valence-corrected chi connectivity index (χ4v) is 3.18. The summed E-state index contributed by atoms with van der Waals surface area (Å²) in [5.41, 5.74) is 2.06. The van der Waals surface area contributed by atoms with Gasteiger partial charge in [-0.2, -0.15) is 0 Å². The molecule has 0 aliphatic carbocycles. The average Bonchev–Trinajstić information content (AvgIpc) is 2.69. The third kappa shape index (κ3) is 5.23. The lowest BCUT2D eigenvalue weighted by molar-refractivity contribution is -0.118. The number of nitrogens with one attached hydrogen (secondary N) is 1. The predicted octanol–water partition coefficient (Wildman–Crippen LogP) is 4.29. The first-order chi connectivity index (χ1) is 13.0. The largest absolute Gasteiger partial charge is 0.484 e. The minimum atomic E-state index is -0.287. The van der Waals surface area contributed by atoms with E-state index in [4.69, 9.17) is 16.3 Å². The average molecular weight is 387 g/mol. The number of piperidine rings is 1. The summed E-state index contributed by atoms with van der Waals surface area (Å²) in [6, 6.07) is 12.3. The summed E-state index contributed by atoms with van der Waals surface area (Å²) >= 11 is 5.98. The zero-order chi connectivity index (χ0) is 19.2. The molecular weight excluding hydrogens is 364 g/mol. The highest BCUT2D eigenvalue weighted by molar-refractivity contribution is 6.31. The standard InChI is InChI=1S/C21H23ClN2O3/c1-15-12-18(8-9-19(15)22)27-14-20(25)23-17-7-5-6-16(13-17)21(26)24-10-3-2-4-11-24/h5-9,12-13H,2-4,10-11,14H2,1H3,(H,23,25). The SMILES string of the molecule is Cc1cc(OCC(=O)Nc2cccc(C(=O)N3CCCCC3)c2)ccc1Cl. The third-order valence-corrected chi connectivity index (χ3v) is 4.96. The quantitative estimate of drug-likeness (QED) is 0.833. The molecule has 2 aromatic rings. The normalized spacial score (nSPS) is 13.9. The van der Waals surface area contributed by atoms with Gasteiger partial charge < -0.3 is 15.0 Å². The van der Waals surface area contributed by atoms with Gasteiger partial charge in [0.25, 0.3) is 11.8 Å². The summed E-state index contributed by atoms with van der Waals surface area (Å²) < 4.78 is 5.50. The van der Waals surface area contributed by atoms with Crippen molar-refractivity contribution in [1.82, 2.24) is 4.90 Å². The molecule has 1 aliphatic heterocycles. The first kappa shape index (κ1) is 19.2. The molecule has 0 aromatic heterocycles. The lowest BCUT2D eigenvalue weighted by Crippen LogP contribution is -2.35. The molecule has 0 atom stereocenters. The molecular formula is C21H23ClN2O3. The molecule has 1 heterocycles. The summed E-state index contributed by atoms with van der Waals surface area (Å²) in [7, 11) is 0. The number of likely N-dealkylation sites (tertiary alicyclic amines) is 1. The Labute approximate surface area is 164 Å². The van der Waals surface area contributed by atoms with E-state index in [0.717, 1.165) is 31.5 Å². The zero-order valence-electron chi connectivity index (χ0n) is 15.3. The topological polar surface area (TPSA) is 58.6 Å². The van der Waals surface area contributed by atoms with Gasteiger partial charge in [-0.1, -0.05) is 17.7 Å². The number of rotatable bonds is 5. The minimum absolute atomic E-state index is 0.0127. The van der Waals surface area contributed by atoms with E-state index in [9.17, 15) is 9.59 Å². The van der Waals surface area contributed by atoms with Gasteiger partial charge in [0.15, 0.2) is 6.61 Å². The van der Waals surface area contributed by atoms with Crippen molar-refractivity contribution in [3.05, 3.63) is 58.6 Å². The number of anilines is 1. The van der Waals surface area contributed by atoms with Crippen molar-refractivity contribution in [3.8, 4) is 5.75 Å². The Kier molecular flexibility index (Phi) is 6.35. The summed E-state index contributed by atoms with van der Waals surface area (Å²) in [6.45, 7) is 3.35. The van der Waals surface area contributed by atoms with E-state index >= 15 is 0 Å². The lowest BCUT2D eigenvalue weighted by Gasteiger charge is -2.26. The van der Waals surface area contributed by atoms with Crippen LogP contribution in [0.25, 0.3) is 0 Å². The highest BCUT2D eigenvalue weighted by atomic mass is 35.5. The van der Waals surface area contributed by atoms with E-state index in [0.29, 0.717) is 22.0 Å². The maximum Gasteiger partial charge on any atom is 0.262 e. The molecule has 142 valence electrons. The van der Waals surface area contributed by atoms with Crippen LogP contribution < -0.4 is 10.1 Å². The van der Waals surface area contributed by atoms with Gasteiger partial charge in [0.1, 0.15) is 5.75 Å². The van der Waals surface area contributed by atoms with Crippen molar-refractivity contribution >= 4 is 29.1 Å². The molecule has 0 bridgehead atoms. The minimum Gasteiger partial charge on any atom is -0.484 e. The molecule has 1 saturated heterocycles. The van der Waals surface area contributed by atoms with Gasteiger partial charge in [-0.15, -0.1) is 0 Å². The maximum absolute atomic E-state index is 12.6. The lowest BCUT2D eigenvalue weighted by atomic mass is 10.1. The number of benzene rings is 2. The molecule has 0 radical (unpaired) electrons. The Bertz CT molecular complexity index is 832. The Morgan fingerprint density at radius 1 is 1.11 bits per heavy atom. The highest BCUT2D eigenvalue weighted by Gasteiger charge is 2.18. The fraction of sp³-hybridized carbons (Fsp3) is 0.333. The molecule has 27 heavy (non-hydrogen) atoms. The number of amides is 2. The molecule has 1 aliphatic rings. The van der Waals surface area contributed by atoms with Crippen LogP contribution in [0, 0.1) is 6.92 Å². The Morgan fingerprint density at radius 3 is 2.63 bits per heavy atom. The second kappa shape index (κ2) is 8.91. The van der Waals surface area contributed by atoms with Crippen LogP contribution in [-0.4, -0.2) is 36.4 Å². The predicted molar refractivity (Wildman–Crippen MR) is 107 cm³/mol. The first-order valence-corrected chi connectivity index (χ1v) is 9.49. The first-order valence-electron chi connectivity index (χ1n) is 9.11. The summed E-state index contributed by atoms with van der Waals surface area (Å²) in [5, 5.41) is 3.43. The van der Waals surface area contributed by atoms with E-state index in [1.54, 1.807) is 42.5 Å². The summed E-state index contributed by atoms with van der Waals surface area (Å²) in [5.74, 6) is 0.310. The van der Waals surface area contributed by atoms with Gasteiger partial charge >= 0.3 is 0 Å². The highest BCUT2D eigenvalue weighted by Crippen LogP contribution is 2.21. The van der Waals surface area contributed by atoms with Crippen LogP contribution in [0.15, 0.2) is 42.5 Å². The van der Waals surface area contributed by atoms with Crippen LogP contribution in [0.4, 0.5) is 5.69 Å². The molecule has 1 fully saturated rings.